The van der Waals surface area contributed by atoms with E-state index < -0.39 is 10.0 Å². The third kappa shape index (κ3) is 3.10. The lowest BCUT2D eigenvalue weighted by molar-refractivity contribution is -0.116. The standard InChI is InChI=1S/C17H15N3O3S2/c1-10-18-15-5-3-12(9-16(15)24-10)20-25(22,23)13-4-6-14-11(8-13)2-7-17(21)19-14/h3-6,8-9,20H,2,7H2,1H3,(H,19,21). The van der Waals surface area contributed by atoms with Crippen LogP contribution in [-0.2, 0) is 21.2 Å². The smallest absolute Gasteiger partial charge is 0.261 e. The van der Waals surface area contributed by atoms with E-state index in [4.69, 9.17) is 0 Å². The first-order valence-corrected chi connectivity index (χ1v) is 10.0. The average Bonchev–Trinajstić information content (AvgIpc) is 2.93. The van der Waals surface area contributed by atoms with Crippen molar-refractivity contribution in [3.05, 3.63) is 47.0 Å². The van der Waals surface area contributed by atoms with Crippen molar-refractivity contribution in [3.8, 4) is 0 Å². The Kier molecular flexibility index (Phi) is 3.73. The van der Waals surface area contributed by atoms with Crippen molar-refractivity contribution in [3.63, 3.8) is 0 Å². The van der Waals surface area contributed by atoms with E-state index in [2.05, 4.69) is 15.0 Å². The molecule has 8 heteroatoms. The summed E-state index contributed by atoms with van der Waals surface area (Å²) in [6, 6.07) is 10.1. The number of nitrogens with one attached hydrogen (secondary N) is 2. The Morgan fingerprint density at radius 2 is 2.00 bits per heavy atom. The number of carbonyl (C=O) groups is 1. The molecule has 0 saturated carbocycles. The minimum absolute atomic E-state index is 0.0469. The van der Waals surface area contributed by atoms with E-state index in [9.17, 15) is 13.2 Å². The molecule has 0 fully saturated rings. The highest BCUT2D eigenvalue weighted by molar-refractivity contribution is 7.92. The second-order valence-corrected chi connectivity index (χ2v) is 8.81. The summed E-state index contributed by atoms with van der Waals surface area (Å²) >= 11 is 1.52. The fourth-order valence-electron chi connectivity index (χ4n) is 2.84. The molecule has 0 aliphatic carbocycles. The van der Waals surface area contributed by atoms with Crippen LogP contribution in [0.2, 0.25) is 0 Å². The van der Waals surface area contributed by atoms with Crippen molar-refractivity contribution in [2.24, 2.45) is 0 Å². The van der Waals surface area contributed by atoms with Gasteiger partial charge in [-0.2, -0.15) is 0 Å². The van der Waals surface area contributed by atoms with Crippen molar-refractivity contribution >= 4 is 48.9 Å². The summed E-state index contributed by atoms with van der Waals surface area (Å²) < 4.78 is 28.9. The quantitative estimate of drug-likeness (QED) is 0.737. The summed E-state index contributed by atoms with van der Waals surface area (Å²) in [6.07, 6.45) is 0.905. The number of aromatic nitrogens is 1. The number of benzene rings is 2. The summed E-state index contributed by atoms with van der Waals surface area (Å²) in [5.74, 6) is -0.0469. The van der Waals surface area contributed by atoms with Gasteiger partial charge in [-0.1, -0.05) is 0 Å². The number of hydrogen-bond acceptors (Lipinski definition) is 5. The lowest BCUT2D eigenvalue weighted by Crippen LogP contribution is -2.20. The van der Waals surface area contributed by atoms with Crippen LogP contribution in [-0.4, -0.2) is 19.3 Å². The van der Waals surface area contributed by atoms with Gasteiger partial charge in [0.25, 0.3) is 10.0 Å². The molecule has 0 saturated heterocycles. The van der Waals surface area contributed by atoms with Crippen molar-refractivity contribution in [2.45, 2.75) is 24.7 Å². The predicted molar refractivity (Wildman–Crippen MR) is 98.6 cm³/mol. The number of nitrogens with zero attached hydrogens (tertiary/aromatic N) is 1. The van der Waals surface area contributed by atoms with E-state index in [1.54, 1.807) is 30.3 Å². The van der Waals surface area contributed by atoms with Crippen LogP contribution in [0.3, 0.4) is 0 Å². The molecule has 0 atom stereocenters. The molecule has 25 heavy (non-hydrogen) atoms. The van der Waals surface area contributed by atoms with Gasteiger partial charge in [0.05, 0.1) is 25.8 Å². The summed E-state index contributed by atoms with van der Waals surface area (Å²) in [5.41, 5.74) is 2.87. The second kappa shape index (κ2) is 5.82. The maximum atomic E-state index is 12.7. The van der Waals surface area contributed by atoms with E-state index in [1.807, 2.05) is 6.92 Å². The zero-order valence-corrected chi connectivity index (χ0v) is 15.0. The number of thiazole rings is 1. The Balaban J connectivity index is 1.65. The third-order valence-electron chi connectivity index (χ3n) is 4.03. The Morgan fingerprint density at radius 1 is 1.16 bits per heavy atom. The van der Waals surface area contributed by atoms with E-state index in [0.29, 0.717) is 24.2 Å². The minimum Gasteiger partial charge on any atom is -0.326 e. The molecule has 128 valence electrons. The van der Waals surface area contributed by atoms with Crippen LogP contribution in [0.15, 0.2) is 41.3 Å². The molecule has 0 spiro atoms. The molecule has 1 aliphatic rings. The third-order valence-corrected chi connectivity index (χ3v) is 6.34. The molecule has 2 N–H and O–H groups in total. The van der Waals surface area contributed by atoms with Crippen molar-refractivity contribution in [2.75, 3.05) is 10.0 Å². The van der Waals surface area contributed by atoms with Crippen LogP contribution in [0, 0.1) is 6.92 Å². The van der Waals surface area contributed by atoms with Crippen molar-refractivity contribution < 1.29 is 13.2 Å². The molecule has 6 nitrogen and oxygen atoms in total. The first-order chi connectivity index (χ1) is 11.9. The number of rotatable bonds is 3. The van der Waals surface area contributed by atoms with Gasteiger partial charge in [0.2, 0.25) is 5.91 Å². The fraction of sp³-hybridized carbons (Fsp3) is 0.176. The van der Waals surface area contributed by atoms with Crippen molar-refractivity contribution in [1.82, 2.24) is 4.98 Å². The van der Waals surface area contributed by atoms with Crippen LogP contribution in [0.1, 0.15) is 17.0 Å². The molecule has 1 aromatic heterocycles. The number of fused-ring (bicyclic) bond motifs is 2. The van der Waals surface area contributed by atoms with E-state index in [-0.39, 0.29) is 10.8 Å². The number of aryl methyl sites for hydroxylation is 2. The number of amides is 1. The summed E-state index contributed by atoms with van der Waals surface area (Å²) in [5, 5.41) is 3.69. The zero-order valence-electron chi connectivity index (χ0n) is 13.4. The van der Waals surface area contributed by atoms with Gasteiger partial charge in [-0.05, 0) is 55.3 Å². The van der Waals surface area contributed by atoms with Crippen LogP contribution < -0.4 is 10.0 Å². The largest absolute Gasteiger partial charge is 0.326 e. The topological polar surface area (TPSA) is 88.2 Å². The Labute approximate surface area is 149 Å². The Hall–Kier alpha value is -2.45. The van der Waals surface area contributed by atoms with Crippen LogP contribution >= 0.6 is 11.3 Å². The maximum Gasteiger partial charge on any atom is 0.261 e. The normalized spacial score (nSPS) is 14.2. The summed E-state index contributed by atoms with van der Waals surface area (Å²) in [6.45, 7) is 1.92. The highest BCUT2D eigenvalue weighted by Crippen LogP contribution is 2.28. The number of sulfonamides is 1. The molecule has 1 aliphatic heterocycles. The van der Waals surface area contributed by atoms with Gasteiger partial charge in [-0.3, -0.25) is 9.52 Å². The van der Waals surface area contributed by atoms with Gasteiger partial charge in [0.1, 0.15) is 0 Å². The molecule has 0 unspecified atom stereocenters. The monoisotopic (exact) mass is 373 g/mol. The van der Waals surface area contributed by atoms with E-state index >= 15 is 0 Å². The highest BCUT2D eigenvalue weighted by Gasteiger charge is 2.20. The van der Waals surface area contributed by atoms with Crippen LogP contribution in [0.25, 0.3) is 10.2 Å². The first-order valence-electron chi connectivity index (χ1n) is 7.73. The highest BCUT2D eigenvalue weighted by atomic mass is 32.2. The summed E-state index contributed by atoms with van der Waals surface area (Å²) in [7, 11) is -3.70. The molecule has 0 bridgehead atoms. The lowest BCUT2D eigenvalue weighted by atomic mass is 10.0. The molecule has 2 heterocycles. The van der Waals surface area contributed by atoms with Gasteiger partial charge in [-0.25, -0.2) is 13.4 Å². The van der Waals surface area contributed by atoms with Gasteiger partial charge >= 0.3 is 0 Å². The van der Waals surface area contributed by atoms with Gasteiger partial charge in [0, 0.05) is 12.1 Å². The lowest BCUT2D eigenvalue weighted by Gasteiger charge is -2.17. The fourth-order valence-corrected chi connectivity index (χ4v) is 4.81. The first kappa shape index (κ1) is 16.0. The van der Waals surface area contributed by atoms with E-state index in [0.717, 1.165) is 20.8 Å². The molecule has 4 rings (SSSR count). The predicted octanol–water partition coefficient (Wildman–Crippen LogP) is 3.29. The molecule has 3 aromatic rings. The summed E-state index contributed by atoms with van der Waals surface area (Å²) in [4.78, 5) is 16.0. The van der Waals surface area contributed by atoms with Crippen LogP contribution in [0.5, 0.6) is 0 Å². The van der Waals surface area contributed by atoms with Gasteiger partial charge in [-0.15, -0.1) is 11.3 Å². The molecular weight excluding hydrogens is 358 g/mol. The second-order valence-electron chi connectivity index (χ2n) is 5.89. The Morgan fingerprint density at radius 3 is 2.84 bits per heavy atom. The van der Waals surface area contributed by atoms with Gasteiger partial charge < -0.3 is 5.32 Å². The van der Waals surface area contributed by atoms with E-state index in [1.165, 1.54) is 17.4 Å². The minimum atomic E-state index is -3.70. The van der Waals surface area contributed by atoms with Crippen LogP contribution in [0.4, 0.5) is 11.4 Å². The number of carbonyl (C=O) groups excluding carboxylic acids is 1. The SMILES string of the molecule is Cc1nc2ccc(NS(=O)(=O)c3ccc4c(c3)CCC(=O)N4)cc2s1. The molecule has 0 radical (unpaired) electrons. The molecular formula is C17H15N3O3S2. The zero-order chi connectivity index (χ0) is 17.6. The van der Waals surface area contributed by atoms with Crippen molar-refractivity contribution in [1.29, 1.82) is 0 Å². The Bertz CT molecular complexity index is 1100. The number of hydrogen-bond donors (Lipinski definition) is 2. The number of anilines is 2. The maximum absolute atomic E-state index is 12.7. The average molecular weight is 373 g/mol. The van der Waals surface area contributed by atoms with Gasteiger partial charge in [0.15, 0.2) is 0 Å². The molecule has 2 aromatic carbocycles. The molecule has 1 amide bonds.